The number of sulfonamides is 1. The van der Waals surface area contributed by atoms with E-state index in [-0.39, 0.29) is 10.8 Å². The number of pyridine rings is 1. The van der Waals surface area contributed by atoms with E-state index in [1.807, 2.05) is 12.1 Å². The molecule has 1 amide bonds. The number of hydrogen-bond acceptors (Lipinski definition) is 6. The van der Waals surface area contributed by atoms with Crippen molar-refractivity contribution in [1.82, 2.24) is 19.1 Å². The molecule has 0 aliphatic carbocycles. The Labute approximate surface area is 155 Å². The van der Waals surface area contributed by atoms with E-state index in [1.165, 1.54) is 13.1 Å². The average Bonchev–Trinajstić information content (AvgIpc) is 3.28. The number of amides is 1. The van der Waals surface area contributed by atoms with Crippen LogP contribution in [0.2, 0.25) is 0 Å². The van der Waals surface area contributed by atoms with Gasteiger partial charge in [-0.15, -0.1) is 11.3 Å². The average molecular weight is 391 g/mol. The summed E-state index contributed by atoms with van der Waals surface area (Å²) >= 11 is 1.11. The van der Waals surface area contributed by atoms with E-state index >= 15 is 0 Å². The van der Waals surface area contributed by atoms with Gasteiger partial charge in [-0.1, -0.05) is 6.07 Å². The smallest absolute Gasteiger partial charge is 0.252 e. The lowest BCUT2D eigenvalue weighted by Crippen LogP contribution is -2.34. The summed E-state index contributed by atoms with van der Waals surface area (Å²) in [6, 6.07) is 8.58. The number of rotatable bonds is 7. The van der Waals surface area contributed by atoms with Crippen LogP contribution < -0.4 is 5.32 Å². The third-order valence-electron chi connectivity index (χ3n) is 3.53. The van der Waals surface area contributed by atoms with E-state index in [2.05, 4.69) is 15.4 Å². The summed E-state index contributed by atoms with van der Waals surface area (Å²) in [6.45, 7) is 0.252. The van der Waals surface area contributed by atoms with E-state index in [0.717, 1.165) is 21.2 Å². The lowest BCUT2D eigenvalue weighted by Gasteiger charge is -2.15. The SMILES string of the molecule is CN(CC(=O)Nc1ccn(Cc2ccncc2)n1)S(=O)(=O)c1cccs1. The zero-order valence-corrected chi connectivity index (χ0v) is 15.6. The first-order chi connectivity index (χ1) is 12.4. The van der Waals surface area contributed by atoms with Gasteiger partial charge >= 0.3 is 0 Å². The molecule has 0 saturated heterocycles. The van der Waals surface area contributed by atoms with Crippen LogP contribution in [0.5, 0.6) is 0 Å². The van der Waals surface area contributed by atoms with Gasteiger partial charge in [-0.2, -0.15) is 9.40 Å². The highest BCUT2D eigenvalue weighted by atomic mass is 32.2. The van der Waals surface area contributed by atoms with Gasteiger partial charge in [0.05, 0.1) is 13.1 Å². The minimum atomic E-state index is -3.66. The number of nitrogens with zero attached hydrogens (tertiary/aromatic N) is 4. The molecule has 3 aromatic heterocycles. The number of thiophene rings is 1. The van der Waals surface area contributed by atoms with Crippen molar-refractivity contribution in [3.05, 3.63) is 59.9 Å². The second-order valence-electron chi connectivity index (χ2n) is 5.50. The second kappa shape index (κ2) is 7.77. The van der Waals surface area contributed by atoms with Crippen LogP contribution in [0.1, 0.15) is 5.56 Å². The third-order valence-corrected chi connectivity index (χ3v) is 6.70. The molecule has 0 radical (unpaired) electrons. The molecule has 0 aromatic carbocycles. The summed E-state index contributed by atoms with van der Waals surface area (Å²) in [5.41, 5.74) is 1.03. The Kier molecular flexibility index (Phi) is 5.45. The van der Waals surface area contributed by atoms with Crippen LogP contribution in [-0.2, 0) is 21.4 Å². The molecule has 0 aliphatic heterocycles. The minimum absolute atomic E-state index is 0.203. The number of anilines is 1. The van der Waals surface area contributed by atoms with Crippen LogP contribution in [0.3, 0.4) is 0 Å². The Morgan fingerprint density at radius 3 is 2.73 bits per heavy atom. The maximum Gasteiger partial charge on any atom is 0.252 e. The molecule has 0 aliphatic rings. The Morgan fingerprint density at radius 1 is 1.27 bits per heavy atom. The topological polar surface area (TPSA) is 97.2 Å². The summed E-state index contributed by atoms with van der Waals surface area (Å²) in [5, 5.41) is 8.55. The van der Waals surface area contributed by atoms with Crippen molar-refractivity contribution in [3.63, 3.8) is 0 Å². The molecule has 0 spiro atoms. The highest BCUT2D eigenvalue weighted by Gasteiger charge is 2.24. The molecule has 0 bridgehead atoms. The predicted molar refractivity (Wildman–Crippen MR) is 98.3 cm³/mol. The van der Waals surface area contributed by atoms with Gasteiger partial charge in [0.1, 0.15) is 4.21 Å². The quantitative estimate of drug-likeness (QED) is 0.660. The van der Waals surface area contributed by atoms with Gasteiger partial charge < -0.3 is 5.32 Å². The Bertz CT molecular complexity index is 969. The van der Waals surface area contributed by atoms with Crippen molar-refractivity contribution >= 4 is 33.1 Å². The standard InChI is InChI=1S/C16H17N5O3S2/c1-20(26(23,24)16-3-2-10-25-16)12-15(22)18-14-6-9-21(19-14)11-13-4-7-17-8-5-13/h2-10H,11-12H2,1H3,(H,18,19,22). The summed E-state index contributed by atoms with van der Waals surface area (Å²) < 4.78 is 27.5. The fourth-order valence-corrected chi connectivity index (χ4v) is 4.55. The van der Waals surface area contributed by atoms with Gasteiger partial charge in [-0.05, 0) is 29.1 Å². The Balaban J connectivity index is 1.58. The zero-order valence-electron chi connectivity index (χ0n) is 13.9. The normalized spacial score (nSPS) is 11.6. The maximum atomic E-state index is 12.3. The van der Waals surface area contributed by atoms with E-state index in [9.17, 15) is 13.2 Å². The molecule has 3 heterocycles. The molecule has 0 atom stereocenters. The number of hydrogen-bond donors (Lipinski definition) is 1. The first-order valence-electron chi connectivity index (χ1n) is 7.67. The molecule has 1 N–H and O–H groups in total. The van der Waals surface area contributed by atoms with Gasteiger partial charge in [0, 0.05) is 31.7 Å². The summed E-state index contributed by atoms with van der Waals surface area (Å²) in [6.07, 6.45) is 5.14. The van der Waals surface area contributed by atoms with Crippen molar-refractivity contribution in [2.24, 2.45) is 0 Å². The maximum absolute atomic E-state index is 12.3. The monoisotopic (exact) mass is 391 g/mol. The Morgan fingerprint density at radius 2 is 2.04 bits per heavy atom. The highest BCUT2D eigenvalue weighted by molar-refractivity contribution is 7.91. The van der Waals surface area contributed by atoms with Crippen LogP contribution in [0.25, 0.3) is 0 Å². The van der Waals surface area contributed by atoms with Crippen molar-refractivity contribution < 1.29 is 13.2 Å². The van der Waals surface area contributed by atoms with E-state index < -0.39 is 15.9 Å². The van der Waals surface area contributed by atoms with Gasteiger partial charge in [-0.25, -0.2) is 8.42 Å². The summed E-state index contributed by atoms with van der Waals surface area (Å²) in [4.78, 5) is 16.1. The van der Waals surface area contributed by atoms with Crippen LogP contribution in [0.15, 0.2) is 58.5 Å². The van der Waals surface area contributed by atoms with Crippen LogP contribution in [-0.4, -0.2) is 47.0 Å². The van der Waals surface area contributed by atoms with Crippen molar-refractivity contribution in [2.75, 3.05) is 18.9 Å². The van der Waals surface area contributed by atoms with Gasteiger partial charge in [0.15, 0.2) is 5.82 Å². The van der Waals surface area contributed by atoms with Crippen LogP contribution in [0, 0.1) is 0 Å². The molecular weight excluding hydrogens is 374 g/mol. The molecular formula is C16H17N5O3S2. The van der Waals surface area contributed by atoms with Gasteiger partial charge in [-0.3, -0.25) is 14.5 Å². The Hall–Kier alpha value is -2.56. The molecule has 3 aromatic rings. The first-order valence-corrected chi connectivity index (χ1v) is 9.99. The molecule has 8 nitrogen and oxygen atoms in total. The lowest BCUT2D eigenvalue weighted by atomic mass is 10.3. The number of likely N-dealkylation sites (N-methyl/N-ethyl adjacent to an activating group) is 1. The van der Waals surface area contributed by atoms with E-state index in [0.29, 0.717) is 12.4 Å². The van der Waals surface area contributed by atoms with Crippen molar-refractivity contribution in [2.45, 2.75) is 10.8 Å². The first kappa shape index (κ1) is 18.2. The van der Waals surface area contributed by atoms with Crippen molar-refractivity contribution in [3.8, 4) is 0 Å². The fourth-order valence-electron chi connectivity index (χ4n) is 2.23. The van der Waals surface area contributed by atoms with Crippen LogP contribution in [0.4, 0.5) is 5.82 Å². The molecule has 0 unspecified atom stereocenters. The largest absolute Gasteiger partial charge is 0.308 e. The number of carbonyl (C=O) groups is 1. The summed E-state index contributed by atoms with van der Waals surface area (Å²) in [5.74, 6) is -0.0900. The number of aromatic nitrogens is 3. The zero-order chi connectivity index (χ0) is 18.6. The van der Waals surface area contributed by atoms with E-state index in [4.69, 9.17) is 0 Å². The van der Waals surface area contributed by atoms with Crippen LogP contribution >= 0.6 is 11.3 Å². The minimum Gasteiger partial charge on any atom is -0.308 e. The third kappa shape index (κ3) is 4.34. The lowest BCUT2D eigenvalue weighted by molar-refractivity contribution is -0.116. The van der Waals surface area contributed by atoms with Gasteiger partial charge in [0.25, 0.3) is 10.0 Å². The highest BCUT2D eigenvalue weighted by Crippen LogP contribution is 2.19. The molecule has 3 rings (SSSR count). The fraction of sp³-hybridized carbons (Fsp3) is 0.188. The molecule has 10 heteroatoms. The second-order valence-corrected chi connectivity index (χ2v) is 8.71. The number of nitrogens with one attached hydrogen (secondary N) is 1. The molecule has 0 fully saturated rings. The number of carbonyl (C=O) groups excluding carboxylic acids is 1. The summed E-state index contributed by atoms with van der Waals surface area (Å²) in [7, 11) is -2.29. The predicted octanol–water partition coefficient (Wildman–Crippen LogP) is 1.65. The molecule has 26 heavy (non-hydrogen) atoms. The van der Waals surface area contributed by atoms with E-state index in [1.54, 1.807) is 40.8 Å². The molecule has 0 saturated carbocycles. The molecule has 136 valence electrons. The van der Waals surface area contributed by atoms with Gasteiger partial charge in [0.2, 0.25) is 5.91 Å². The van der Waals surface area contributed by atoms with Crippen molar-refractivity contribution in [1.29, 1.82) is 0 Å².